The lowest BCUT2D eigenvalue weighted by Crippen LogP contribution is -2.33. The SMILES string of the molecule is CCCCCN1/C(=C/C=C/C2=[N+](C)c3ccc4ccccc4c3C2(C)Cc2ccc(Oc3ccc(CC4(C)C(/C=C/C=C5/N(CCCC)c6ccc7ccccc7c6C5(C)C)=[N+](C)c5ccc6ccccc6c54)cc3)cc2)C(C)(C)c2c1ccc1ccccc21. The van der Waals surface area contributed by atoms with E-state index in [1.807, 2.05) is 0 Å². The summed E-state index contributed by atoms with van der Waals surface area (Å²) < 4.78 is 11.6. The quantitative estimate of drug-likeness (QED) is 0.0670. The van der Waals surface area contributed by atoms with Gasteiger partial charge in [-0.3, -0.25) is 0 Å². The van der Waals surface area contributed by atoms with Crippen molar-refractivity contribution in [1.29, 1.82) is 0 Å². The molecule has 450 valence electrons. The molecule has 10 aromatic carbocycles. The summed E-state index contributed by atoms with van der Waals surface area (Å²) in [5.41, 5.74) is 17.7. The maximum Gasteiger partial charge on any atom is 0.210 e. The van der Waals surface area contributed by atoms with E-state index in [2.05, 4.69) is 319 Å². The first-order chi connectivity index (χ1) is 43.6. The van der Waals surface area contributed by atoms with Crippen LogP contribution in [0.3, 0.4) is 0 Å². The molecule has 0 aromatic heterocycles. The molecule has 2 atom stereocenters. The highest BCUT2D eigenvalue weighted by molar-refractivity contribution is 6.10. The number of hydrogen-bond donors (Lipinski definition) is 0. The van der Waals surface area contributed by atoms with E-state index in [0.717, 1.165) is 56.7 Å². The van der Waals surface area contributed by atoms with Crippen molar-refractivity contribution < 1.29 is 13.9 Å². The number of benzene rings is 10. The Kier molecular flexibility index (Phi) is 15.0. The average molecular weight is 1180 g/mol. The van der Waals surface area contributed by atoms with Crippen LogP contribution in [0, 0.1) is 0 Å². The maximum atomic E-state index is 6.72. The summed E-state index contributed by atoms with van der Waals surface area (Å²) >= 11 is 0. The Labute approximate surface area is 534 Å². The molecule has 2 unspecified atom stereocenters. The molecule has 5 nitrogen and oxygen atoms in total. The largest absolute Gasteiger partial charge is 0.457 e. The molecule has 0 spiro atoms. The summed E-state index contributed by atoms with van der Waals surface area (Å²) in [6, 6.07) is 71.9. The number of unbranched alkanes of at least 4 members (excludes halogenated alkanes) is 3. The minimum atomic E-state index is -0.324. The van der Waals surface area contributed by atoms with Crippen LogP contribution in [0.1, 0.15) is 121 Å². The number of ether oxygens (including phenoxy) is 1. The summed E-state index contributed by atoms with van der Waals surface area (Å²) in [6.45, 7) is 21.2. The lowest BCUT2D eigenvalue weighted by molar-refractivity contribution is -0.401. The molecular weight excluding hydrogens is 1090 g/mol. The van der Waals surface area contributed by atoms with Crippen LogP contribution in [0.4, 0.5) is 22.7 Å². The zero-order valence-corrected chi connectivity index (χ0v) is 54.5. The minimum Gasteiger partial charge on any atom is -0.457 e. The summed E-state index contributed by atoms with van der Waals surface area (Å²) in [6.07, 6.45) is 21.8. The number of rotatable bonds is 17. The molecule has 4 heterocycles. The van der Waals surface area contributed by atoms with Crippen LogP contribution < -0.4 is 14.5 Å². The molecule has 4 aliphatic heterocycles. The van der Waals surface area contributed by atoms with Crippen molar-refractivity contribution in [2.75, 3.05) is 37.0 Å². The fourth-order valence-corrected chi connectivity index (χ4v) is 16.6. The Morgan fingerprint density at radius 1 is 0.389 bits per heavy atom. The lowest BCUT2D eigenvalue weighted by atomic mass is 9.73. The molecule has 0 radical (unpaired) electrons. The van der Waals surface area contributed by atoms with Crippen LogP contribution in [0.2, 0.25) is 0 Å². The normalized spacial score (nSPS) is 19.9. The summed E-state index contributed by atoms with van der Waals surface area (Å²) in [5, 5.41) is 10.5. The third kappa shape index (κ3) is 9.74. The number of allylic oxidation sites excluding steroid dienone is 8. The molecule has 10 aromatic rings. The highest BCUT2D eigenvalue weighted by atomic mass is 16.5. The molecule has 4 aliphatic rings. The molecule has 0 amide bonds. The first-order valence-corrected chi connectivity index (χ1v) is 33.1. The van der Waals surface area contributed by atoms with Gasteiger partial charge < -0.3 is 14.5 Å². The molecule has 0 bridgehead atoms. The second-order valence-electron chi connectivity index (χ2n) is 27.5. The molecule has 0 fully saturated rings. The smallest absolute Gasteiger partial charge is 0.210 e. The maximum absolute atomic E-state index is 6.72. The molecule has 0 saturated carbocycles. The summed E-state index contributed by atoms with van der Waals surface area (Å²) in [7, 11) is 4.51. The monoisotopic (exact) mass is 1180 g/mol. The number of nitrogens with zero attached hydrogens (tertiary/aromatic N) is 4. The zero-order valence-electron chi connectivity index (χ0n) is 54.5. The molecule has 0 saturated heterocycles. The third-order valence-corrected chi connectivity index (χ3v) is 20.9. The molecule has 90 heavy (non-hydrogen) atoms. The highest BCUT2D eigenvalue weighted by Gasteiger charge is 2.50. The van der Waals surface area contributed by atoms with E-state index in [-0.39, 0.29) is 21.7 Å². The first-order valence-electron chi connectivity index (χ1n) is 33.1. The Bertz CT molecular complexity index is 4680. The second kappa shape index (κ2) is 23.1. The number of anilines is 2. The highest BCUT2D eigenvalue weighted by Crippen LogP contribution is 2.54. The van der Waals surface area contributed by atoms with Crippen LogP contribution in [0.15, 0.2) is 242 Å². The predicted octanol–water partition coefficient (Wildman–Crippen LogP) is 21.0. The lowest BCUT2D eigenvalue weighted by Gasteiger charge is -2.27. The number of fused-ring (bicyclic) bond motifs is 12. The van der Waals surface area contributed by atoms with Crippen molar-refractivity contribution in [1.82, 2.24) is 0 Å². The van der Waals surface area contributed by atoms with Crippen molar-refractivity contribution in [3.8, 4) is 11.5 Å². The van der Waals surface area contributed by atoms with Gasteiger partial charge in [-0.1, -0.05) is 206 Å². The fraction of sp³-hybridized carbons (Fsp3) is 0.271. The van der Waals surface area contributed by atoms with Gasteiger partial charge in [0.05, 0.1) is 10.8 Å². The van der Waals surface area contributed by atoms with E-state index in [0.29, 0.717) is 0 Å². The second-order valence-corrected chi connectivity index (χ2v) is 27.5. The van der Waals surface area contributed by atoms with Gasteiger partial charge in [-0.2, -0.15) is 9.15 Å². The van der Waals surface area contributed by atoms with Crippen molar-refractivity contribution >= 4 is 77.3 Å². The third-order valence-electron chi connectivity index (χ3n) is 20.9. The van der Waals surface area contributed by atoms with Gasteiger partial charge in [0.2, 0.25) is 11.4 Å². The Balaban J connectivity index is 0.735. The first kappa shape index (κ1) is 58.6. The van der Waals surface area contributed by atoms with Crippen LogP contribution in [0.5, 0.6) is 11.5 Å². The summed E-state index contributed by atoms with van der Waals surface area (Å²) in [5.74, 6) is 1.65. The molecule has 5 heteroatoms. The predicted molar refractivity (Wildman–Crippen MR) is 382 cm³/mol. The van der Waals surface area contributed by atoms with Crippen molar-refractivity contribution in [2.45, 2.75) is 122 Å². The van der Waals surface area contributed by atoms with E-state index in [1.54, 1.807) is 0 Å². The summed E-state index contributed by atoms with van der Waals surface area (Å²) in [4.78, 5) is 5.21. The Morgan fingerprint density at radius 3 is 1.13 bits per heavy atom. The Morgan fingerprint density at radius 2 is 0.744 bits per heavy atom. The van der Waals surface area contributed by atoms with Crippen LogP contribution in [-0.2, 0) is 34.5 Å². The minimum absolute atomic E-state index is 0.169. The van der Waals surface area contributed by atoms with Gasteiger partial charge in [0.15, 0.2) is 11.4 Å². The molecule has 0 aliphatic carbocycles. The van der Waals surface area contributed by atoms with Gasteiger partial charge in [0.1, 0.15) is 25.6 Å². The van der Waals surface area contributed by atoms with E-state index in [9.17, 15) is 0 Å². The van der Waals surface area contributed by atoms with E-state index in [4.69, 9.17) is 4.74 Å². The van der Waals surface area contributed by atoms with Crippen LogP contribution in [-0.4, -0.2) is 47.8 Å². The van der Waals surface area contributed by atoms with Gasteiger partial charge in [0.25, 0.3) is 0 Å². The van der Waals surface area contributed by atoms with Gasteiger partial charge in [-0.25, -0.2) is 0 Å². The van der Waals surface area contributed by atoms with Crippen molar-refractivity contribution in [3.63, 3.8) is 0 Å². The van der Waals surface area contributed by atoms with Gasteiger partial charge in [-0.05, 0) is 166 Å². The van der Waals surface area contributed by atoms with Crippen molar-refractivity contribution in [2.24, 2.45) is 0 Å². The molecule has 14 rings (SSSR count). The van der Waals surface area contributed by atoms with Crippen LogP contribution in [0.25, 0.3) is 43.1 Å². The van der Waals surface area contributed by atoms with Crippen molar-refractivity contribution in [3.05, 3.63) is 275 Å². The van der Waals surface area contributed by atoms with E-state index < -0.39 is 0 Å². The average Bonchev–Trinajstić information content (AvgIpc) is 1.64. The number of hydrogen-bond acceptors (Lipinski definition) is 3. The molecular formula is C85H86N4O+2. The Hall–Kier alpha value is -9.06. The fourth-order valence-electron chi connectivity index (χ4n) is 16.6. The van der Waals surface area contributed by atoms with E-state index in [1.165, 1.54) is 135 Å². The topological polar surface area (TPSA) is 21.7 Å². The standard InChI is InChI=1S/C85H86N4O/c1-11-13-23-55-89-73-53-45-61-27-16-20-31-67(61)79(73)83(5,6)75(89)35-25-37-77-85(8,81-69-33-22-18-29-63(69)43-51-71(81)87(77)10)57-59-40-48-65(49-41-59)90-64-46-38-58(39-47-64)56-84(7)76(86(9)70-50-42-62-28-17-21-32-68(62)80(70)84)36-24-34-74-82(3,4)78-66-30-19-15-26-60(66)44-52-72(78)88(74)54-14-12-2/h15-22,24-53H,11-14,23,54-57H2,1-10H3/q+2. The van der Waals surface area contributed by atoms with E-state index >= 15 is 0 Å². The van der Waals surface area contributed by atoms with Gasteiger partial charge >= 0.3 is 0 Å². The zero-order chi connectivity index (χ0) is 62.1. The van der Waals surface area contributed by atoms with Gasteiger partial charge in [-0.15, -0.1) is 0 Å². The van der Waals surface area contributed by atoms with Gasteiger partial charge in [0, 0.05) is 82.1 Å². The van der Waals surface area contributed by atoms with Crippen LogP contribution >= 0.6 is 0 Å². The molecule has 0 N–H and O–H groups in total.